The smallest absolute Gasteiger partial charge is 0.371 e. The molecule has 0 spiro atoms. The van der Waals surface area contributed by atoms with E-state index in [-0.39, 0.29) is 5.69 Å². The van der Waals surface area contributed by atoms with E-state index in [1.54, 1.807) is 13.0 Å². The van der Waals surface area contributed by atoms with Crippen LogP contribution in [0.1, 0.15) is 24.8 Å². The number of piperidine rings is 1. The largest absolute Gasteiger partial charge is 0.404 e. The molecule has 1 saturated heterocycles. The molecule has 1 heterocycles. The van der Waals surface area contributed by atoms with Gasteiger partial charge in [0.15, 0.2) is 5.75 Å². The molecule has 1 N–H and O–H groups in total. The highest BCUT2D eigenvalue weighted by molar-refractivity contribution is 7.92. The summed E-state index contributed by atoms with van der Waals surface area (Å²) in [6, 6.07) is 5.00. The van der Waals surface area contributed by atoms with E-state index in [4.69, 9.17) is 0 Å². The van der Waals surface area contributed by atoms with Crippen LogP contribution in [0.25, 0.3) is 0 Å². The molecule has 22 heavy (non-hydrogen) atoms. The first-order valence-corrected chi connectivity index (χ1v) is 8.75. The highest BCUT2D eigenvalue weighted by Crippen LogP contribution is 2.30. The molecule has 0 bridgehead atoms. The van der Waals surface area contributed by atoms with Crippen molar-refractivity contribution in [3.8, 4) is 0 Å². The van der Waals surface area contributed by atoms with E-state index >= 15 is 0 Å². The standard InChI is InChI=1S/C14H19F3N2O2S/c1-11-12(18-22(20,21)10-14(15,16)17)6-5-7-13(11)19-8-3-2-4-9-19/h5-7,18H,2-4,8-10H2,1H3. The lowest BCUT2D eigenvalue weighted by atomic mass is 10.1. The Hall–Kier alpha value is -1.44. The fourth-order valence-corrected chi connectivity index (χ4v) is 3.69. The van der Waals surface area contributed by atoms with Gasteiger partial charge in [0.25, 0.3) is 0 Å². The molecule has 0 saturated carbocycles. The zero-order valence-electron chi connectivity index (χ0n) is 12.3. The monoisotopic (exact) mass is 336 g/mol. The Balaban J connectivity index is 2.22. The Morgan fingerprint density at radius 3 is 2.41 bits per heavy atom. The SMILES string of the molecule is Cc1c(NS(=O)(=O)CC(F)(F)F)cccc1N1CCCCC1. The molecule has 1 aliphatic heterocycles. The lowest BCUT2D eigenvalue weighted by Gasteiger charge is -2.30. The first-order chi connectivity index (χ1) is 10.2. The summed E-state index contributed by atoms with van der Waals surface area (Å²) in [6.45, 7) is 3.47. The molecule has 1 aliphatic rings. The van der Waals surface area contributed by atoms with Gasteiger partial charge in [-0.1, -0.05) is 6.07 Å². The fourth-order valence-electron chi connectivity index (χ4n) is 2.63. The van der Waals surface area contributed by atoms with E-state index in [0.717, 1.165) is 38.0 Å². The van der Waals surface area contributed by atoms with Crippen LogP contribution in [-0.4, -0.2) is 33.4 Å². The summed E-state index contributed by atoms with van der Waals surface area (Å²) >= 11 is 0. The van der Waals surface area contributed by atoms with Crippen LogP contribution in [0, 0.1) is 6.92 Å². The molecule has 0 aromatic heterocycles. The number of anilines is 2. The van der Waals surface area contributed by atoms with Crippen molar-refractivity contribution in [1.82, 2.24) is 0 Å². The Morgan fingerprint density at radius 1 is 1.18 bits per heavy atom. The molecule has 124 valence electrons. The van der Waals surface area contributed by atoms with Crippen molar-refractivity contribution < 1.29 is 21.6 Å². The maximum absolute atomic E-state index is 12.3. The van der Waals surface area contributed by atoms with Crippen molar-refractivity contribution >= 4 is 21.4 Å². The van der Waals surface area contributed by atoms with E-state index in [2.05, 4.69) is 4.90 Å². The van der Waals surface area contributed by atoms with Gasteiger partial charge < -0.3 is 4.90 Å². The third-order valence-electron chi connectivity index (χ3n) is 3.62. The number of alkyl halides is 3. The van der Waals surface area contributed by atoms with Crippen LogP contribution in [-0.2, 0) is 10.0 Å². The third kappa shape index (κ3) is 4.53. The van der Waals surface area contributed by atoms with Crippen molar-refractivity contribution in [3.63, 3.8) is 0 Å². The number of halogens is 3. The molecule has 1 aromatic carbocycles. The number of sulfonamides is 1. The van der Waals surface area contributed by atoms with Crippen LogP contribution in [0.15, 0.2) is 18.2 Å². The minimum absolute atomic E-state index is 0.201. The summed E-state index contributed by atoms with van der Waals surface area (Å²) in [5.41, 5.74) is 1.72. The minimum atomic E-state index is -4.76. The maximum atomic E-state index is 12.3. The zero-order chi connectivity index (χ0) is 16.4. The summed E-state index contributed by atoms with van der Waals surface area (Å²) in [6.07, 6.45) is -1.48. The second-order valence-electron chi connectivity index (χ2n) is 5.47. The van der Waals surface area contributed by atoms with Crippen molar-refractivity contribution in [3.05, 3.63) is 23.8 Å². The topological polar surface area (TPSA) is 49.4 Å². The Bertz CT molecular complexity index is 623. The number of benzene rings is 1. The Morgan fingerprint density at radius 2 is 1.82 bits per heavy atom. The lowest BCUT2D eigenvalue weighted by Crippen LogP contribution is -2.31. The Kier molecular flexibility index (Phi) is 4.89. The molecule has 0 radical (unpaired) electrons. The van der Waals surface area contributed by atoms with E-state index in [1.807, 2.05) is 10.8 Å². The van der Waals surface area contributed by atoms with Crippen LogP contribution in [0.3, 0.4) is 0 Å². The summed E-state index contributed by atoms with van der Waals surface area (Å²) < 4.78 is 62.2. The highest BCUT2D eigenvalue weighted by atomic mass is 32.2. The number of nitrogens with zero attached hydrogens (tertiary/aromatic N) is 1. The quantitative estimate of drug-likeness (QED) is 0.918. The van der Waals surface area contributed by atoms with Crippen LogP contribution in [0.4, 0.5) is 24.5 Å². The number of nitrogens with one attached hydrogen (secondary N) is 1. The van der Waals surface area contributed by atoms with E-state index in [9.17, 15) is 21.6 Å². The molecule has 8 heteroatoms. The highest BCUT2D eigenvalue weighted by Gasteiger charge is 2.35. The van der Waals surface area contributed by atoms with Gasteiger partial charge in [-0.15, -0.1) is 0 Å². The second kappa shape index (κ2) is 6.36. The molecule has 0 aliphatic carbocycles. The first-order valence-electron chi connectivity index (χ1n) is 7.10. The van der Waals surface area contributed by atoms with Gasteiger partial charge in [0.1, 0.15) is 0 Å². The average molecular weight is 336 g/mol. The van der Waals surface area contributed by atoms with E-state index < -0.39 is 22.0 Å². The van der Waals surface area contributed by atoms with Crippen LogP contribution < -0.4 is 9.62 Å². The predicted molar refractivity (Wildman–Crippen MR) is 80.7 cm³/mol. The van der Waals surface area contributed by atoms with E-state index in [0.29, 0.717) is 5.56 Å². The molecule has 4 nitrogen and oxygen atoms in total. The fraction of sp³-hybridized carbons (Fsp3) is 0.571. The molecular formula is C14H19F3N2O2S. The normalized spacial score (nSPS) is 16.6. The predicted octanol–water partition coefficient (Wildman–Crippen LogP) is 3.29. The number of hydrogen-bond acceptors (Lipinski definition) is 3. The van der Waals surface area contributed by atoms with Gasteiger partial charge in [-0.2, -0.15) is 13.2 Å². The van der Waals surface area contributed by atoms with Crippen LogP contribution >= 0.6 is 0 Å². The van der Waals surface area contributed by atoms with Crippen molar-refractivity contribution in [2.45, 2.75) is 32.4 Å². The van der Waals surface area contributed by atoms with Crippen molar-refractivity contribution in [2.75, 3.05) is 28.5 Å². The van der Waals surface area contributed by atoms with Crippen molar-refractivity contribution in [1.29, 1.82) is 0 Å². The summed E-state index contributed by atoms with van der Waals surface area (Å²) in [4.78, 5) is 2.14. The van der Waals surface area contributed by atoms with Gasteiger partial charge in [0.2, 0.25) is 10.0 Å². The molecule has 0 unspecified atom stereocenters. The van der Waals surface area contributed by atoms with Gasteiger partial charge in [0, 0.05) is 18.8 Å². The van der Waals surface area contributed by atoms with Gasteiger partial charge in [-0.05, 0) is 43.9 Å². The molecule has 2 rings (SSSR count). The molecule has 0 amide bonds. The number of rotatable bonds is 4. The second-order valence-corrected chi connectivity index (χ2v) is 7.20. The van der Waals surface area contributed by atoms with Gasteiger partial charge in [0.05, 0.1) is 5.69 Å². The Labute approximate surface area is 128 Å². The summed E-state index contributed by atoms with van der Waals surface area (Å²) in [5.74, 6) is -1.88. The summed E-state index contributed by atoms with van der Waals surface area (Å²) in [7, 11) is -4.46. The third-order valence-corrected chi connectivity index (χ3v) is 4.86. The van der Waals surface area contributed by atoms with Crippen molar-refractivity contribution in [2.24, 2.45) is 0 Å². The van der Waals surface area contributed by atoms with Gasteiger partial charge in [-0.3, -0.25) is 4.72 Å². The van der Waals surface area contributed by atoms with E-state index in [1.165, 1.54) is 6.07 Å². The van der Waals surface area contributed by atoms with Crippen LogP contribution in [0.5, 0.6) is 0 Å². The van der Waals surface area contributed by atoms with Gasteiger partial charge in [-0.25, -0.2) is 8.42 Å². The molecule has 1 fully saturated rings. The molecule has 1 aromatic rings. The molecule has 0 atom stereocenters. The van der Waals surface area contributed by atoms with Gasteiger partial charge >= 0.3 is 6.18 Å². The summed E-state index contributed by atoms with van der Waals surface area (Å²) in [5, 5.41) is 0. The maximum Gasteiger partial charge on any atom is 0.404 e. The first kappa shape index (κ1) is 16.9. The lowest BCUT2D eigenvalue weighted by molar-refractivity contribution is -0.106. The zero-order valence-corrected chi connectivity index (χ0v) is 13.1. The minimum Gasteiger partial charge on any atom is -0.371 e. The van der Waals surface area contributed by atoms with Crippen LogP contribution in [0.2, 0.25) is 0 Å². The number of hydrogen-bond donors (Lipinski definition) is 1. The molecular weight excluding hydrogens is 317 g/mol. The average Bonchev–Trinajstić information content (AvgIpc) is 2.39.